The van der Waals surface area contributed by atoms with Crippen molar-refractivity contribution in [2.24, 2.45) is 0 Å². The molecule has 0 bridgehead atoms. The second-order valence-electron chi connectivity index (χ2n) is 10.4. The number of rotatable bonds is 8. The molecule has 200 valence electrons. The Morgan fingerprint density at radius 1 is 0.921 bits per heavy atom. The molecular weight excluding hydrogens is 476 g/mol. The lowest BCUT2D eigenvalue weighted by Gasteiger charge is -2.30. The molecule has 0 radical (unpaired) electrons. The summed E-state index contributed by atoms with van der Waals surface area (Å²) in [4.78, 5) is 30.6. The standard InChI is InChI=1S/C31H38N4O3/c36-30-29(16-19-34-17-7-2-8-18-34)33-27(22-32-31(37)38-23-24-9-3-1-4-10-24)15-20-35(30)28-14-13-25-11-5-6-12-26(25)21-28/h1,3-6,9-14,21,27,29,33H,2,7-8,15-20,22-23H2,(H,32,37)/t27-,29-/m1/s1. The molecule has 38 heavy (non-hydrogen) atoms. The van der Waals surface area contributed by atoms with E-state index in [1.54, 1.807) is 0 Å². The number of fused-ring (bicyclic) bond motifs is 1. The Bertz CT molecular complexity index is 1210. The number of anilines is 1. The van der Waals surface area contributed by atoms with E-state index in [4.69, 9.17) is 4.74 Å². The highest BCUT2D eigenvalue weighted by atomic mass is 16.5. The van der Waals surface area contributed by atoms with E-state index < -0.39 is 6.09 Å². The summed E-state index contributed by atoms with van der Waals surface area (Å²) in [6, 6.07) is 23.8. The van der Waals surface area contributed by atoms with Gasteiger partial charge >= 0.3 is 6.09 Å². The number of hydrogen-bond donors (Lipinski definition) is 2. The van der Waals surface area contributed by atoms with Crippen molar-refractivity contribution in [2.75, 3.05) is 37.6 Å². The number of alkyl carbamates (subject to hydrolysis) is 1. The van der Waals surface area contributed by atoms with Gasteiger partial charge in [0, 0.05) is 31.4 Å². The van der Waals surface area contributed by atoms with Crippen molar-refractivity contribution in [3.05, 3.63) is 78.4 Å². The molecule has 2 N–H and O–H groups in total. The molecule has 2 atom stereocenters. The smallest absolute Gasteiger partial charge is 0.407 e. The van der Waals surface area contributed by atoms with Crippen LogP contribution in [0.4, 0.5) is 10.5 Å². The number of amides is 2. The minimum atomic E-state index is -0.442. The Morgan fingerprint density at radius 3 is 2.50 bits per heavy atom. The fourth-order valence-corrected chi connectivity index (χ4v) is 5.47. The van der Waals surface area contributed by atoms with Gasteiger partial charge in [0.15, 0.2) is 0 Å². The van der Waals surface area contributed by atoms with Crippen LogP contribution in [0.2, 0.25) is 0 Å². The van der Waals surface area contributed by atoms with E-state index in [1.165, 1.54) is 19.3 Å². The molecule has 3 aromatic rings. The highest BCUT2D eigenvalue weighted by Crippen LogP contribution is 2.25. The maximum Gasteiger partial charge on any atom is 0.407 e. The molecule has 2 fully saturated rings. The highest BCUT2D eigenvalue weighted by molar-refractivity contribution is 5.99. The van der Waals surface area contributed by atoms with Gasteiger partial charge in [0.2, 0.25) is 5.91 Å². The predicted octanol–water partition coefficient (Wildman–Crippen LogP) is 4.71. The second-order valence-corrected chi connectivity index (χ2v) is 10.4. The lowest BCUT2D eigenvalue weighted by Crippen LogP contribution is -2.50. The largest absolute Gasteiger partial charge is 0.445 e. The molecule has 0 unspecified atom stereocenters. The van der Waals surface area contributed by atoms with E-state index in [1.807, 2.05) is 53.4 Å². The zero-order chi connectivity index (χ0) is 26.2. The van der Waals surface area contributed by atoms with Crippen LogP contribution in [0.15, 0.2) is 72.8 Å². The Balaban J connectivity index is 1.25. The predicted molar refractivity (Wildman–Crippen MR) is 151 cm³/mol. The fourth-order valence-electron chi connectivity index (χ4n) is 5.47. The minimum absolute atomic E-state index is 0.0277. The van der Waals surface area contributed by atoms with Crippen molar-refractivity contribution in [3.8, 4) is 0 Å². The molecule has 0 aromatic heterocycles. The van der Waals surface area contributed by atoms with Gasteiger partial charge in [0.25, 0.3) is 0 Å². The van der Waals surface area contributed by atoms with Crippen molar-refractivity contribution >= 4 is 28.5 Å². The van der Waals surface area contributed by atoms with Crippen LogP contribution in [0.1, 0.15) is 37.7 Å². The number of benzene rings is 3. The van der Waals surface area contributed by atoms with Crippen LogP contribution in [0.25, 0.3) is 10.8 Å². The number of hydrogen-bond acceptors (Lipinski definition) is 5. The topological polar surface area (TPSA) is 73.9 Å². The van der Waals surface area contributed by atoms with E-state index in [0.29, 0.717) is 13.1 Å². The van der Waals surface area contributed by atoms with E-state index in [2.05, 4.69) is 39.8 Å². The number of likely N-dealkylation sites (tertiary alicyclic amines) is 1. The lowest BCUT2D eigenvalue weighted by molar-refractivity contribution is -0.120. The molecular formula is C31H38N4O3. The van der Waals surface area contributed by atoms with Gasteiger partial charge in [-0.05, 0) is 67.2 Å². The van der Waals surface area contributed by atoms with E-state index in [9.17, 15) is 9.59 Å². The van der Waals surface area contributed by atoms with Gasteiger partial charge < -0.3 is 25.2 Å². The van der Waals surface area contributed by atoms with E-state index in [0.717, 1.165) is 54.5 Å². The average Bonchev–Trinajstić information content (AvgIpc) is 3.13. The third-order valence-corrected chi connectivity index (χ3v) is 7.64. The summed E-state index contributed by atoms with van der Waals surface area (Å²) >= 11 is 0. The maximum absolute atomic E-state index is 13.8. The highest BCUT2D eigenvalue weighted by Gasteiger charge is 2.32. The molecule has 5 rings (SSSR count). The van der Waals surface area contributed by atoms with Crippen LogP contribution in [-0.2, 0) is 16.1 Å². The molecule has 0 spiro atoms. The lowest BCUT2D eigenvalue weighted by atomic mass is 10.1. The quantitative estimate of drug-likeness (QED) is 0.456. The van der Waals surface area contributed by atoms with Crippen LogP contribution in [0.3, 0.4) is 0 Å². The number of carbonyl (C=O) groups excluding carboxylic acids is 2. The Kier molecular flexibility index (Phi) is 8.89. The van der Waals surface area contributed by atoms with Crippen molar-refractivity contribution in [1.82, 2.24) is 15.5 Å². The van der Waals surface area contributed by atoms with E-state index in [-0.39, 0.29) is 24.6 Å². The third kappa shape index (κ3) is 6.91. The summed E-state index contributed by atoms with van der Waals surface area (Å²) in [7, 11) is 0. The van der Waals surface area contributed by atoms with Gasteiger partial charge in [-0.1, -0.05) is 67.1 Å². The molecule has 2 aliphatic rings. The van der Waals surface area contributed by atoms with Gasteiger partial charge in [-0.3, -0.25) is 4.79 Å². The SMILES string of the molecule is O=C(NC[C@H]1CCN(c2ccc3ccccc3c2)C(=O)[C@@H](CCN2CCCCC2)N1)OCc1ccccc1. The fraction of sp³-hybridized carbons (Fsp3) is 0.419. The first-order chi connectivity index (χ1) is 18.7. The van der Waals surface area contributed by atoms with E-state index >= 15 is 0 Å². The number of nitrogens with one attached hydrogen (secondary N) is 2. The Labute approximate surface area is 225 Å². The monoisotopic (exact) mass is 514 g/mol. The van der Waals surface area contributed by atoms with Crippen LogP contribution in [0.5, 0.6) is 0 Å². The number of carbonyl (C=O) groups is 2. The molecule has 2 saturated heterocycles. The van der Waals surface area contributed by atoms with Crippen molar-refractivity contribution in [2.45, 2.75) is 50.8 Å². The van der Waals surface area contributed by atoms with Crippen LogP contribution < -0.4 is 15.5 Å². The second kappa shape index (κ2) is 12.9. The van der Waals surface area contributed by atoms with Gasteiger partial charge in [-0.25, -0.2) is 4.79 Å². The molecule has 0 saturated carbocycles. The van der Waals surface area contributed by atoms with Gasteiger partial charge in [0.05, 0.1) is 6.04 Å². The maximum atomic E-state index is 13.8. The zero-order valence-electron chi connectivity index (χ0n) is 22.0. The van der Waals surface area contributed by atoms with Crippen LogP contribution >= 0.6 is 0 Å². The van der Waals surface area contributed by atoms with Crippen molar-refractivity contribution < 1.29 is 14.3 Å². The average molecular weight is 515 g/mol. The van der Waals surface area contributed by atoms with Crippen molar-refractivity contribution in [3.63, 3.8) is 0 Å². The normalized spacial score (nSPS) is 20.7. The van der Waals surface area contributed by atoms with Crippen LogP contribution in [0, 0.1) is 0 Å². The third-order valence-electron chi connectivity index (χ3n) is 7.64. The summed E-state index contributed by atoms with van der Waals surface area (Å²) in [5, 5.41) is 8.78. The number of ether oxygens (including phenoxy) is 1. The first-order valence-corrected chi connectivity index (χ1v) is 13.9. The molecule has 2 heterocycles. The summed E-state index contributed by atoms with van der Waals surface area (Å²) < 4.78 is 5.39. The first-order valence-electron chi connectivity index (χ1n) is 13.9. The van der Waals surface area contributed by atoms with Gasteiger partial charge in [-0.15, -0.1) is 0 Å². The van der Waals surface area contributed by atoms with Gasteiger partial charge in [0.1, 0.15) is 6.61 Å². The summed E-state index contributed by atoms with van der Waals surface area (Å²) in [6.45, 7) is 4.34. The number of piperidine rings is 1. The zero-order valence-corrected chi connectivity index (χ0v) is 22.0. The summed E-state index contributed by atoms with van der Waals surface area (Å²) in [5.74, 6) is 0.103. The molecule has 0 aliphatic carbocycles. The summed E-state index contributed by atoms with van der Waals surface area (Å²) in [6.07, 6.45) is 4.79. The van der Waals surface area contributed by atoms with Gasteiger partial charge in [-0.2, -0.15) is 0 Å². The van der Waals surface area contributed by atoms with Crippen molar-refractivity contribution in [1.29, 1.82) is 0 Å². The summed E-state index contributed by atoms with van der Waals surface area (Å²) in [5.41, 5.74) is 1.87. The number of nitrogens with zero attached hydrogens (tertiary/aromatic N) is 2. The minimum Gasteiger partial charge on any atom is -0.445 e. The Morgan fingerprint density at radius 2 is 1.68 bits per heavy atom. The molecule has 7 nitrogen and oxygen atoms in total. The van der Waals surface area contributed by atoms with Crippen LogP contribution in [-0.4, -0.2) is 61.7 Å². The molecule has 2 amide bonds. The Hall–Kier alpha value is -3.42. The molecule has 7 heteroatoms. The molecule has 3 aromatic carbocycles. The first kappa shape index (κ1) is 26.2. The molecule has 2 aliphatic heterocycles.